The molecule has 0 aliphatic carbocycles. The van der Waals surface area contributed by atoms with Gasteiger partial charge >= 0.3 is 0 Å². The third-order valence-electron chi connectivity index (χ3n) is 2.09. The maximum atomic E-state index is 5.20. The van der Waals surface area contributed by atoms with Crippen molar-refractivity contribution in [1.29, 1.82) is 0 Å². The number of epoxide rings is 1. The predicted molar refractivity (Wildman–Crippen MR) is 53.2 cm³/mol. The minimum atomic E-state index is 0.296. The number of likely N-dealkylation sites (N-methyl/N-ethyl adjacent to an activating group) is 1. The van der Waals surface area contributed by atoms with Crippen LogP contribution in [-0.2, 0) is 4.74 Å². The van der Waals surface area contributed by atoms with Gasteiger partial charge in [0.15, 0.2) is 0 Å². The maximum absolute atomic E-state index is 5.20. The summed E-state index contributed by atoms with van der Waals surface area (Å²) in [6.45, 7) is 0.847. The highest BCUT2D eigenvalue weighted by molar-refractivity contribution is 5.53. The van der Waals surface area contributed by atoms with Crippen LogP contribution in [0.3, 0.4) is 0 Å². The summed E-state index contributed by atoms with van der Waals surface area (Å²) in [4.78, 5) is 0. The highest BCUT2D eigenvalue weighted by Crippen LogP contribution is 2.19. The topological polar surface area (TPSA) is 24.6 Å². The van der Waals surface area contributed by atoms with Gasteiger partial charge in [0.1, 0.15) is 6.10 Å². The molecule has 2 nitrogen and oxygen atoms in total. The Morgan fingerprint density at radius 2 is 2.15 bits per heavy atom. The second-order valence-corrected chi connectivity index (χ2v) is 3.08. The van der Waals surface area contributed by atoms with Crippen LogP contribution in [0.25, 0.3) is 6.08 Å². The average molecular weight is 175 g/mol. The summed E-state index contributed by atoms with van der Waals surface area (Å²) in [5.74, 6) is 0. The van der Waals surface area contributed by atoms with Crippen LogP contribution in [0.1, 0.15) is 5.56 Å². The highest BCUT2D eigenvalue weighted by atomic mass is 16.6. The maximum Gasteiger partial charge on any atom is 0.120 e. The monoisotopic (exact) mass is 175 g/mol. The summed E-state index contributed by atoms with van der Waals surface area (Å²) in [6.07, 6.45) is 2.42. The van der Waals surface area contributed by atoms with Crippen molar-refractivity contribution in [2.45, 2.75) is 6.10 Å². The number of benzene rings is 1. The zero-order chi connectivity index (χ0) is 9.10. The molecule has 1 aliphatic heterocycles. The Bertz CT molecular complexity index is 301. The quantitative estimate of drug-likeness (QED) is 0.706. The van der Waals surface area contributed by atoms with E-state index in [-0.39, 0.29) is 0 Å². The van der Waals surface area contributed by atoms with E-state index in [1.165, 1.54) is 5.56 Å². The fourth-order valence-corrected chi connectivity index (χ4v) is 1.28. The molecule has 2 rings (SSSR count). The van der Waals surface area contributed by atoms with Crippen molar-refractivity contribution in [3.8, 4) is 0 Å². The van der Waals surface area contributed by atoms with Crippen molar-refractivity contribution in [2.24, 2.45) is 0 Å². The summed E-state index contributed by atoms with van der Waals surface area (Å²) in [5.41, 5.74) is 2.37. The van der Waals surface area contributed by atoms with E-state index in [9.17, 15) is 0 Å². The Balaban J connectivity index is 2.17. The number of ether oxygens (including phenoxy) is 1. The van der Waals surface area contributed by atoms with Gasteiger partial charge in [-0.2, -0.15) is 0 Å². The lowest BCUT2D eigenvalue weighted by Crippen LogP contribution is -2.10. The molecule has 1 aliphatic rings. The molecule has 0 amide bonds. The van der Waals surface area contributed by atoms with Gasteiger partial charge in [0.2, 0.25) is 0 Å². The summed E-state index contributed by atoms with van der Waals surface area (Å²) < 4.78 is 5.20. The zero-order valence-electron chi connectivity index (χ0n) is 7.66. The van der Waals surface area contributed by atoms with Crippen molar-refractivity contribution in [2.75, 3.05) is 13.7 Å². The predicted octanol–water partition coefficient (Wildman–Crippen LogP) is 1.65. The fraction of sp³-hybridized carbons (Fsp3) is 0.273. The van der Waals surface area contributed by atoms with Crippen LogP contribution in [0.2, 0.25) is 0 Å². The molecule has 1 N–H and O–H groups in total. The average Bonchev–Trinajstić information content (AvgIpc) is 2.99. The Labute approximate surface area is 78.2 Å². The van der Waals surface area contributed by atoms with Crippen LogP contribution >= 0.6 is 0 Å². The van der Waals surface area contributed by atoms with E-state index in [0.717, 1.165) is 12.3 Å². The van der Waals surface area contributed by atoms with E-state index in [1.807, 2.05) is 25.2 Å². The first-order valence-corrected chi connectivity index (χ1v) is 4.46. The van der Waals surface area contributed by atoms with Crippen molar-refractivity contribution in [1.82, 2.24) is 5.32 Å². The van der Waals surface area contributed by atoms with E-state index >= 15 is 0 Å². The minimum Gasteiger partial charge on any atom is -0.389 e. The molecule has 1 aromatic rings. The smallest absolute Gasteiger partial charge is 0.120 e. The molecule has 1 unspecified atom stereocenters. The van der Waals surface area contributed by atoms with Crippen molar-refractivity contribution in [3.63, 3.8) is 0 Å². The lowest BCUT2D eigenvalue weighted by molar-refractivity contribution is 0.426. The van der Waals surface area contributed by atoms with Crippen LogP contribution < -0.4 is 5.32 Å². The molecule has 1 fully saturated rings. The molecule has 1 heterocycles. The van der Waals surface area contributed by atoms with Crippen LogP contribution in [-0.4, -0.2) is 19.8 Å². The second kappa shape index (κ2) is 3.62. The van der Waals surface area contributed by atoms with Gasteiger partial charge in [-0.15, -0.1) is 0 Å². The van der Waals surface area contributed by atoms with E-state index in [1.54, 1.807) is 0 Å². The third kappa shape index (κ3) is 2.10. The van der Waals surface area contributed by atoms with Crippen molar-refractivity contribution < 1.29 is 4.74 Å². The summed E-state index contributed by atoms with van der Waals surface area (Å²) in [7, 11) is 1.93. The molecular formula is C11H13NO. The summed E-state index contributed by atoms with van der Waals surface area (Å²) in [5, 5.41) is 3.15. The normalized spacial score (nSPS) is 21.3. The Morgan fingerprint density at radius 3 is 2.69 bits per heavy atom. The highest BCUT2D eigenvalue weighted by Gasteiger charge is 2.26. The first-order chi connectivity index (χ1) is 6.40. The third-order valence-corrected chi connectivity index (χ3v) is 2.09. The van der Waals surface area contributed by atoms with E-state index < -0.39 is 0 Å². The van der Waals surface area contributed by atoms with Crippen molar-refractivity contribution in [3.05, 3.63) is 41.6 Å². The van der Waals surface area contributed by atoms with Gasteiger partial charge in [0, 0.05) is 12.7 Å². The van der Waals surface area contributed by atoms with E-state index in [0.29, 0.717) is 6.10 Å². The van der Waals surface area contributed by atoms with Gasteiger partial charge in [-0.25, -0.2) is 0 Å². The fourth-order valence-electron chi connectivity index (χ4n) is 1.28. The molecule has 0 aromatic heterocycles. The minimum absolute atomic E-state index is 0.296. The van der Waals surface area contributed by atoms with Crippen molar-refractivity contribution >= 4 is 6.08 Å². The first kappa shape index (κ1) is 8.32. The number of rotatable bonds is 3. The molecule has 1 saturated heterocycles. The molecule has 2 heteroatoms. The molecule has 0 bridgehead atoms. The molecule has 0 saturated carbocycles. The van der Waals surface area contributed by atoms with Gasteiger partial charge < -0.3 is 10.1 Å². The molecule has 68 valence electrons. The Hall–Kier alpha value is -1.28. The lowest BCUT2D eigenvalue weighted by atomic mass is 10.2. The van der Waals surface area contributed by atoms with Crippen LogP contribution in [0.5, 0.6) is 0 Å². The van der Waals surface area contributed by atoms with Crippen LogP contribution in [0.4, 0.5) is 0 Å². The van der Waals surface area contributed by atoms with Gasteiger partial charge in [0.25, 0.3) is 0 Å². The van der Waals surface area contributed by atoms with Crippen LogP contribution in [0.15, 0.2) is 36.0 Å². The molecule has 1 atom stereocenters. The SMILES string of the molecule is CN/C(=C/c1ccccc1)C1CO1. The molecule has 13 heavy (non-hydrogen) atoms. The van der Waals surface area contributed by atoms with E-state index in [4.69, 9.17) is 4.74 Å². The standard InChI is InChI=1S/C11H13NO/c1-12-10(11-8-13-11)7-9-5-3-2-4-6-9/h2-7,11-12H,8H2,1H3/b10-7+. The molecule has 0 spiro atoms. The largest absolute Gasteiger partial charge is 0.389 e. The summed E-state index contributed by atoms with van der Waals surface area (Å²) in [6, 6.07) is 10.3. The number of hydrogen-bond donors (Lipinski definition) is 1. The summed E-state index contributed by atoms with van der Waals surface area (Å²) >= 11 is 0. The van der Waals surface area contributed by atoms with Gasteiger partial charge in [-0.05, 0) is 11.6 Å². The van der Waals surface area contributed by atoms with Gasteiger partial charge in [0.05, 0.1) is 6.61 Å². The zero-order valence-corrected chi connectivity index (χ0v) is 7.66. The number of hydrogen-bond acceptors (Lipinski definition) is 2. The van der Waals surface area contributed by atoms with Gasteiger partial charge in [-0.1, -0.05) is 30.3 Å². The molecular weight excluding hydrogens is 162 g/mol. The first-order valence-electron chi connectivity index (χ1n) is 4.46. The van der Waals surface area contributed by atoms with Crippen LogP contribution in [0, 0.1) is 0 Å². The number of nitrogens with one attached hydrogen (secondary N) is 1. The Morgan fingerprint density at radius 1 is 1.46 bits per heavy atom. The molecule has 1 aromatic carbocycles. The van der Waals surface area contributed by atoms with Gasteiger partial charge in [-0.3, -0.25) is 0 Å². The lowest BCUT2D eigenvalue weighted by Gasteiger charge is -2.02. The van der Waals surface area contributed by atoms with E-state index in [2.05, 4.69) is 23.5 Å². The second-order valence-electron chi connectivity index (χ2n) is 3.08. The Kier molecular flexibility index (Phi) is 2.32. The molecule has 0 radical (unpaired) electrons.